The van der Waals surface area contributed by atoms with Gasteiger partial charge in [0.1, 0.15) is 11.5 Å². The van der Waals surface area contributed by atoms with Crippen molar-refractivity contribution in [1.29, 1.82) is 0 Å². The summed E-state index contributed by atoms with van der Waals surface area (Å²) in [6, 6.07) is 23.2. The number of carbonyl (C=O) groups excluding carboxylic acids is 1. The van der Waals surface area contributed by atoms with Crippen LogP contribution in [0.1, 0.15) is 21.5 Å². The van der Waals surface area contributed by atoms with Gasteiger partial charge in [-0.2, -0.15) is 0 Å². The molecule has 0 saturated carbocycles. The van der Waals surface area contributed by atoms with E-state index in [4.69, 9.17) is 14.5 Å². The Kier molecular flexibility index (Phi) is 5.85. The predicted molar refractivity (Wildman–Crippen MR) is 123 cm³/mol. The Balaban J connectivity index is 1.60. The van der Waals surface area contributed by atoms with E-state index in [0.29, 0.717) is 17.9 Å². The van der Waals surface area contributed by atoms with Crippen molar-refractivity contribution in [2.45, 2.75) is 13.5 Å². The van der Waals surface area contributed by atoms with Gasteiger partial charge in [0, 0.05) is 29.1 Å². The van der Waals surface area contributed by atoms with E-state index in [1.807, 2.05) is 54.6 Å². The highest BCUT2D eigenvalue weighted by atomic mass is 16.5. The lowest BCUT2D eigenvalue weighted by molar-refractivity contribution is 0.0951. The first-order valence-electron chi connectivity index (χ1n) is 10.0. The van der Waals surface area contributed by atoms with Crippen LogP contribution < -0.4 is 14.8 Å². The van der Waals surface area contributed by atoms with Gasteiger partial charge in [-0.15, -0.1) is 0 Å². The zero-order valence-corrected chi connectivity index (χ0v) is 17.8. The summed E-state index contributed by atoms with van der Waals surface area (Å²) in [5.41, 5.74) is 5.35. The molecule has 4 aromatic rings. The molecule has 5 nitrogen and oxygen atoms in total. The fourth-order valence-electron chi connectivity index (χ4n) is 3.44. The minimum Gasteiger partial charge on any atom is -0.497 e. The van der Waals surface area contributed by atoms with Crippen LogP contribution in [0.25, 0.3) is 22.2 Å². The molecule has 1 aromatic heterocycles. The quantitative estimate of drug-likeness (QED) is 0.475. The maximum absolute atomic E-state index is 12.7. The third-order valence-electron chi connectivity index (χ3n) is 5.19. The Labute approximate surface area is 181 Å². The summed E-state index contributed by atoms with van der Waals surface area (Å²) in [6.07, 6.45) is 0. The van der Waals surface area contributed by atoms with Crippen LogP contribution in [-0.2, 0) is 6.54 Å². The molecule has 1 N–H and O–H groups in total. The molecule has 156 valence electrons. The van der Waals surface area contributed by atoms with E-state index in [1.165, 1.54) is 5.56 Å². The molecule has 0 aliphatic rings. The number of nitrogens with zero attached hydrogens (tertiary/aromatic N) is 1. The fourth-order valence-corrected chi connectivity index (χ4v) is 3.44. The highest BCUT2D eigenvalue weighted by Gasteiger charge is 2.12. The van der Waals surface area contributed by atoms with Crippen LogP contribution >= 0.6 is 0 Å². The van der Waals surface area contributed by atoms with Crippen molar-refractivity contribution >= 4 is 16.8 Å². The lowest BCUT2D eigenvalue weighted by Gasteiger charge is -2.11. The van der Waals surface area contributed by atoms with Gasteiger partial charge in [0.15, 0.2) is 0 Å². The molecular formula is C26H24N2O3. The van der Waals surface area contributed by atoms with Gasteiger partial charge in [0.25, 0.3) is 5.91 Å². The smallest absolute Gasteiger partial charge is 0.251 e. The number of aryl methyl sites for hydroxylation is 1. The third kappa shape index (κ3) is 4.51. The number of amides is 1. The van der Waals surface area contributed by atoms with E-state index in [1.54, 1.807) is 20.3 Å². The topological polar surface area (TPSA) is 60.5 Å². The van der Waals surface area contributed by atoms with Crippen LogP contribution in [0, 0.1) is 6.92 Å². The minimum atomic E-state index is -0.158. The first-order valence-corrected chi connectivity index (χ1v) is 10.0. The number of nitrogens with one attached hydrogen (secondary N) is 1. The highest BCUT2D eigenvalue weighted by Crippen LogP contribution is 2.30. The number of ether oxygens (including phenoxy) is 2. The molecule has 0 fully saturated rings. The number of pyridine rings is 1. The number of methoxy groups -OCH3 is 2. The van der Waals surface area contributed by atoms with E-state index in [0.717, 1.165) is 33.5 Å². The molecule has 0 aliphatic carbocycles. The summed E-state index contributed by atoms with van der Waals surface area (Å²) < 4.78 is 10.9. The third-order valence-corrected chi connectivity index (χ3v) is 5.19. The van der Waals surface area contributed by atoms with Crippen molar-refractivity contribution in [3.8, 4) is 22.8 Å². The van der Waals surface area contributed by atoms with Crippen LogP contribution in [0.2, 0.25) is 0 Å². The van der Waals surface area contributed by atoms with Crippen LogP contribution in [0.5, 0.6) is 11.5 Å². The van der Waals surface area contributed by atoms with Gasteiger partial charge in [-0.1, -0.05) is 42.0 Å². The first kappa shape index (κ1) is 20.4. The number of hydrogen-bond donors (Lipinski definition) is 1. The zero-order valence-electron chi connectivity index (χ0n) is 17.8. The van der Waals surface area contributed by atoms with Crippen molar-refractivity contribution < 1.29 is 14.3 Å². The number of fused-ring (bicyclic) bond motifs is 1. The summed E-state index contributed by atoms with van der Waals surface area (Å²) in [7, 11) is 3.25. The molecule has 0 spiro atoms. The average Bonchev–Trinajstić information content (AvgIpc) is 2.82. The maximum Gasteiger partial charge on any atom is 0.251 e. The van der Waals surface area contributed by atoms with Crippen molar-refractivity contribution in [3.05, 3.63) is 89.5 Å². The van der Waals surface area contributed by atoms with Crippen molar-refractivity contribution in [3.63, 3.8) is 0 Å². The Hall–Kier alpha value is -3.86. The number of aromatic nitrogens is 1. The Bertz CT molecular complexity index is 1230. The molecule has 0 atom stereocenters. The van der Waals surface area contributed by atoms with E-state index < -0.39 is 0 Å². The van der Waals surface area contributed by atoms with E-state index in [-0.39, 0.29) is 5.91 Å². The molecule has 5 heteroatoms. The molecule has 0 unspecified atom stereocenters. The number of carbonyl (C=O) groups is 1. The van der Waals surface area contributed by atoms with Crippen molar-refractivity contribution in [2.75, 3.05) is 14.2 Å². The van der Waals surface area contributed by atoms with E-state index >= 15 is 0 Å². The maximum atomic E-state index is 12.7. The van der Waals surface area contributed by atoms with Gasteiger partial charge in [0.05, 0.1) is 25.4 Å². The summed E-state index contributed by atoms with van der Waals surface area (Å²) in [6.45, 7) is 2.47. The number of benzene rings is 3. The van der Waals surface area contributed by atoms with E-state index in [2.05, 4.69) is 24.4 Å². The van der Waals surface area contributed by atoms with Crippen LogP contribution in [0.4, 0.5) is 0 Å². The molecule has 0 radical (unpaired) electrons. The fraction of sp³-hybridized carbons (Fsp3) is 0.154. The lowest BCUT2D eigenvalue weighted by atomic mass is 10.1. The molecule has 0 saturated heterocycles. The summed E-state index contributed by atoms with van der Waals surface area (Å²) in [5, 5.41) is 3.75. The van der Waals surface area contributed by atoms with E-state index in [9.17, 15) is 4.79 Å². The normalized spacial score (nSPS) is 10.7. The monoisotopic (exact) mass is 412 g/mol. The van der Waals surface area contributed by atoms with Gasteiger partial charge < -0.3 is 14.8 Å². The van der Waals surface area contributed by atoms with Crippen LogP contribution in [0.15, 0.2) is 72.8 Å². The second-order valence-corrected chi connectivity index (χ2v) is 7.34. The molecule has 3 aromatic carbocycles. The molecule has 0 aliphatic heterocycles. The number of rotatable bonds is 6. The predicted octanol–water partition coefficient (Wildman–Crippen LogP) is 5.16. The van der Waals surface area contributed by atoms with Gasteiger partial charge >= 0.3 is 0 Å². The van der Waals surface area contributed by atoms with Gasteiger partial charge in [0.2, 0.25) is 0 Å². The lowest BCUT2D eigenvalue weighted by Crippen LogP contribution is -2.22. The Morgan fingerprint density at radius 3 is 2.48 bits per heavy atom. The molecule has 1 heterocycles. The van der Waals surface area contributed by atoms with Crippen molar-refractivity contribution in [1.82, 2.24) is 10.3 Å². The Morgan fingerprint density at radius 2 is 1.74 bits per heavy atom. The molecule has 4 rings (SSSR count). The summed E-state index contributed by atoms with van der Waals surface area (Å²) in [4.78, 5) is 17.5. The average molecular weight is 412 g/mol. The van der Waals surface area contributed by atoms with Crippen LogP contribution in [-0.4, -0.2) is 25.1 Å². The molecule has 1 amide bonds. The SMILES string of the molecule is COc1cccc(CNC(=O)c2ccc3nc(-c4ccc(C)cc4)cc(OC)c3c2)c1. The largest absolute Gasteiger partial charge is 0.497 e. The summed E-state index contributed by atoms with van der Waals surface area (Å²) >= 11 is 0. The second-order valence-electron chi connectivity index (χ2n) is 7.34. The van der Waals surface area contributed by atoms with Gasteiger partial charge in [-0.05, 0) is 42.8 Å². The van der Waals surface area contributed by atoms with Crippen LogP contribution in [0.3, 0.4) is 0 Å². The number of hydrogen-bond acceptors (Lipinski definition) is 4. The van der Waals surface area contributed by atoms with Gasteiger partial charge in [-0.3, -0.25) is 4.79 Å². The molecule has 31 heavy (non-hydrogen) atoms. The van der Waals surface area contributed by atoms with Crippen molar-refractivity contribution in [2.24, 2.45) is 0 Å². The standard InChI is InChI=1S/C26H24N2O3/c1-17-7-9-19(10-8-17)24-15-25(31-3)22-14-20(11-12-23(22)28-24)26(29)27-16-18-5-4-6-21(13-18)30-2/h4-15H,16H2,1-3H3,(H,27,29). The molecule has 0 bridgehead atoms. The zero-order chi connectivity index (χ0) is 21.8. The highest BCUT2D eigenvalue weighted by molar-refractivity contribution is 5.99. The minimum absolute atomic E-state index is 0.158. The molecular weight excluding hydrogens is 388 g/mol. The first-order chi connectivity index (χ1) is 15.1. The summed E-state index contributed by atoms with van der Waals surface area (Å²) in [5.74, 6) is 1.29. The Morgan fingerprint density at radius 1 is 0.935 bits per heavy atom. The van der Waals surface area contributed by atoms with Gasteiger partial charge in [-0.25, -0.2) is 4.98 Å². The second kappa shape index (κ2) is 8.88.